The van der Waals surface area contributed by atoms with E-state index in [0.29, 0.717) is 0 Å². The summed E-state index contributed by atoms with van der Waals surface area (Å²) >= 11 is 5.60. The van der Waals surface area contributed by atoms with Crippen molar-refractivity contribution in [3.05, 3.63) is 58.6 Å². The van der Waals surface area contributed by atoms with Gasteiger partial charge in [0.05, 0.1) is 9.92 Å². The second-order valence-electron chi connectivity index (χ2n) is 3.95. The Bertz CT molecular complexity index is 740. The van der Waals surface area contributed by atoms with E-state index in [2.05, 4.69) is 5.32 Å². The van der Waals surface area contributed by atoms with Crippen LogP contribution in [0.3, 0.4) is 0 Å². The predicted molar refractivity (Wildman–Crippen MR) is 78.0 cm³/mol. The monoisotopic (exact) mass is 349 g/mol. The molecule has 0 radical (unpaired) electrons. The van der Waals surface area contributed by atoms with Crippen LogP contribution in [0.2, 0.25) is 5.02 Å². The topological polar surface area (TPSA) is 46.2 Å². The summed E-state index contributed by atoms with van der Waals surface area (Å²) < 4.78 is 37.5. The highest BCUT2D eigenvalue weighted by atomic mass is 35.7. The van der Waals surface area contributed by atoms with Gasteiger partial charge >= 0.3 is 0 Å². The van der Waals surface area contributed by atoms with E-state index in [0.717, 1.165) is 18.2 Å². The smallest absolute Gasteiger partial charge is 0.255 e. The van der Waals surface area contributed by atoms with Gasteiger partial charge in [0.2, 0.25) is 0 Å². The fourth-order valence-corrected chi connectivity index (χ4v) is 2.52. The second kappa shape index (κ2) is 6.51. The Morgan fingerprint density at radius 3 is 2.38 bits per heavy atom. The van der Waals surface area contributed by atoms with Crippen molar-refractivity contribution in [3.8, 4) is 0 Å². The van der Waals surface area contributed by atoms with E-state index in [9.17, 15) is 17.8 Å². The molecule has 0 fully saturated rings. The zero-order valence-electron chi connectivity index (χ0n) is 10.2. The van der Waals surface area contributed by atoms with Gasteiger partial charge < -0.3 is 5.32 Å². The van der Waals surface area contributed by atoms with Crippen molar-refractivity contribution in [2.24, 2.45) is 0 Å². The van der Waals surface area contributed by atoms with Gasteiger partial charge in [0.15, 0.2) is 10.0 Å². The number of rotatable bonds is 3. The largest absolute Gasteiger partial charge is 0.322 e. The lowest BCUT2D eigenvalue weighted by molar-refractivity contribution is 0.102. The molecular formula is C13H7Cl2F2NO2S. The maximum atomic E-state index is 13.3. The highest BCUT2D eigenvalue weighted by Gasteiger charge is 2.13. The lowest BCUT2D eigenvalue weighted by Crippen LogP contribution is -2.12. The number of carbonyl (C=O) groups excluding carboxylic acids is 1. The van der Waals surface area contributed by atoms with E-state index in [1.165, 1.54) is 18.2 Å². The summed E-state index contributed by atoms with van der Waals surface area (Å²) in [5, 5.41) is 2.31. The minimum atomic E-state index is -2.07. The summed E-state index contributed by atoms with van der Waals surface area (Å²) in [5.41, 5.74) is 0.324. The predicted octanol–water partition coefficient (Wildman–Crippen LogP) is 4.13. The highest BCUT2D eigenvalue weighted by molar-refractivity contribution is 8.08. The van der Waals surface area contributed by atoms with Crippen LogP contribution in [-0.4, -0.2) is 10.1 Å². The average Bonchev–Trinajstić information content (AvgIpc) is 2.43. The first-order chi connectivity index (χ1) is 9.88. The van der Waals surface area contributed by atoms with Gasteiger partial charge in [-0.15, -0.1) is 0 Å². The van der Waals surface area contributed by atoms with Crippen LogP contribution < -0.4 is 5.32 Å². The zero-order valence-corrected chi connectivity index (χ0v) is 12.5. The maximum absolute atomic E-state index is 13.3. The van der Waals surface area contributed by atoms with Gasteiger partial charge in [-0.25, -0.2) is 13.0 Å². The molecule has 0 heterocycles. The van der Waals surface area contributed by atoms with Crippen molar-refractivity contribution in [2.75, 3.05) is 5.32 Å². The number of benzene rings is 2. The third kappa shape index (κ3) is 3.78. The minimum absolute atomic E-state index is 0.0563. The molecule has 1 N–H and O–H groups in total. The van der Waals surface area contributed by atoms with Gasteiger partial charge in [-0.05, 0) is 47.1 Å². The lowest BCUT2D eigenvalue weighted by Gasteiger charge is -2.07. The molecule has 1 amide bonds. The first kappa shape index (κ1) is 15.9. The van der Waals surface area contributed by atoms with Crippen molar-refractivity contribution in [1.82, 2.24) is 0 Å². The van der Waals surface area contributed by atoms with Crippen LogP contribution in [0.15, 0.2) is 41.3 Å². The molecule has 0 bridgehead atoms. The molecule has 2 aromatic carbocycles. The molecule has 2 rings (SSSR count). The molecule has 3 nitrogen and oxygen atoms in total. The molecule has 1 atom stereocenters. The van der Waals surface area contributed by atoms with Gasteiger partial charge in [0.25, 0.3) is 5.91 Å². The van der Waals surface area contributed by atoms with Crippen LogP contribution >= 0.6 is 22.3 Å². The van der Waals surface area contributed by atoms with Crippen LogP contribution in [0.5, 0.6) is 0 Å². The highest BCUT2D eigenvalue weighted by Crippen LogP contribution is 2.21. The average molecular weight is 350 g/mol. The van der Waals surface area contributed by atoms with Gasteiger partial charge in [-0.2, -0.15) is 0 Å². The summed E-state index contributed by atoms with van der Waals surface area (Å²) in [4.78, 5) is 11.7. The van der Waals surface area contributed by atoms with E-state index in [4.69, 9.17) is 22.3 Å². The Balaban J connectivity index is 2.26. The molecule has 0 saturated carbocycles. The summed E-state index contributed by atoms with van der Waals surface area (Å²) in [6, 6.07) is 6.94. The van der Waals surface area contributed by atoms with E-state index in [1.54, 1.807) is 0 Å². The van der Waals surface area contributed by atoms with Gasteiger partial charge in [-0.3, -0.25) is 4.79 Å². The normalized spacial score (nSPS) is 12.0. The molecule has 0 spiro atoms. The first-order valence-corrected chi connectivity index (χ1v) is 7.88. The Kier molecular flexibility index (Phi) is 4.92. The number of nitrogens with one attached hydrogen (secondary N) is 1. The van der Waals surface area contributed by atoms with Gasteiger partial charge in [-0.1, -0.05) is 11.6 Å². The molecule has 1 unspecified atom stereocenters. The van der Waals surface area contributed by atoms with E-state index in [-0.39, 0.29) is 21.2 Å². The summed E-state index contributed by atoms with van der Waals surface area (Å²) in [7, 11) is 3.25. The van der Waals surface area contributed by atoms with Crippen LogP contribution in [0, 0.1) is 11.6 Å². The Morgan fingerprint density at radius 2 is 1.76 bits per heavy atom. The Morgan fingerprint density at radius 1 is 1.10 bits per heavy atom. The summed E-state index contributed by atoms with van der Waals surface area (Å²) in [6.07, 6.45) is 0. The van der Waals surface area contributed by atoms with Crippen LogP contribution in [0.4, 0.5) is 14.5 Å². The standard InChI is InChI=1S/C13H7Cl2F2NO2S/c14-9-6-8(2-4-10(9)16)18-13(19)7-1-3-11(17)12(5-7)21(15)20/h1-6H,(H,18,19). The summed E-state index contributed by atoms with van der Waals surface area (Å²) in [6.45, 7) is 0. The Hall–Kier alpha value is -1.50. The third-order valence-electron chi connectivity index (χ3n) is 2.54. The summed E-state index contributed by atoms with van der Waals surface area (Å²) in [5.74, 6) is -1.98. The quantitative estimate of drug-likeness (QED) is 0.846. The maximum Gasteiger partial charge on any atom is 0.255 e. The molecule has 110 valence electrons. The number of halogens is 4. The van der Waals surface area contributed by atoms with E-state index >= 15 is 0 Å². The van der Waals surface area contributed by atoms with Crippen molar-refractivity contribution in [3.63, 3.8) is 0 Å². The van der Waals surface area contributed by atoms with Crippen LogP contribution in [-0.2, 0) is 10.0 Å². The molecule has 8 heteroatoms. The number of anilines is 1. The molecule has 0 aliphatic heterocycles. The van der Waals surface area contributed by atoms with Crippen molar-refractivity contribution >= 4 is 43.9 Å². The number of hydrogen-bond acceptors (Lipinski definition) is 2. The molecule has 2 aromatic rings. The Labute approximate surface area is 130 Å². The number of carbonyl (C=O) groups is 1. The van der Waals surface area contributed by atoms with E-state index in [1.807, 2.05) is 0 Å². The van der Waals surface area contributed by atoms with E-state index < -0.39 is 27.6 Å². The van der Waals surface area contributed by atoms with Crippen molar-refractivity contribution in [1.29, 1.82) is 0 Å². The minimum Gasteiger partial charge on any atom is -0.322 e. The molecular weight excluding hydrogens is 343 g/mol. The van der Waals surface area contributed by atoms with Crippen LogP contribution in [0.1, 0.15) is 10.4 Å². The molecule has 21 heavy (non-hydrogen) atoms. The molecule has 0 saturated heterocycles. The zero-order chi connectivity index (χ0) is 15.6. The SMILES string of the molecule is O=C(Nc1ccc(F)c(Cl)c1)c1ccc(F)c(S(=O)Cl)c1. The van der Waals surface area contributed by atoms with Crippen LogP contribution in [0.25, 0.3) is 0 Å². The fraction of sp³-hybridized carbons (Fsp3) is 0. The van der Waals surface area contributed by atoms with Crippen molar-refractivity contribution in [2.45, 2.75) is 4.90 Å². The fourth-order valence-electron chi connectivity index (χ4n) is 1.54. The van der Waals surface area contributed by atoms with Gasteiger partial charge in [0.1, 0.15) is 11.6 Å². The number of amides is 1. The molecule has 0 aliphatic carbocycles. The molecule has 0 aromatic heterocycles. The third-order valence-corrected chi connectivity index (χ3v) is 3.99. The first-order valence-electron chi connectivity index (χ1n) is 5.52. The lowest BCUT2D eigenvalue weighted by atomic mass is 10.2. The molecule has 0 aliphatic rings. The van der Waals surface area contributed by atoms with Crippen molar-refractivity contribution < 1.29 is 17.8 Å². The number of hydrogen-bond donors (Lipinski definition) is 1. The second-order valence-corrected chi connectivity index (χ2v) is 6.09. The van der Waals surface area contributed by atoms with Gasteiger partial charge in [0, 0.05) is 11.3 Å².